The molecule has 17 heavy (non-hydrogen) atoms. The Balaban J connectivity index is 3.67. The van der Waals surface area contributed by atoms with E-state index in [1.165, 1.54) is 0 Å². The number of rotatable bonds is 5. The molecule has 0 aromatic heterocycles. The van der Waals surface area contributed by atoms with Gasteiger partial charge in [0.25, 0.3) is 0 Å². The molecule has 0 radical (unpaired) electrons. The van der Waals surface area contributed by atoms with Crippen LogP contribution in [0.2, 0.25) is 0 Å². The molecule has 4 heteroatoms. The molecule has 0 N–H and O–H groups in total. The standard InChI is InChI=1S/C13H15BrO3/c1-5-6-9-8(2)12(16-3)11(14)10(7-15)13(9)17-4/h5,7H,1,6H2,2-4H3. The molecule has 0 aliphatic carbocycles. The number of halogens is 1. The number of ether oxygens (including phenoxy) is 2. The largest absolute Gasteiger partial charge is 0.496 e. The summed E-state index contributed by atoms with van der Waals surface area (Å²) in [6, 6.07) is 0. The van der Waals surface area contributed by atoms with Crippen LogP contribution in [-0.2, 0) is 6.42 Å². The Hall–Kier alpha value is -1.29. The molecule has 0 fully saturated rings. The molecule has 0 bridgehead atoms. The molecule has 3 nitrogen and oxygen atoms in total. The van der Waals surface area contributed by atoms with E-state index in [-0.39, 0.29) is 0 Å². The lowest BCUT2D eigenvalue weighted by Crippen LogP contribution is -2.03. The van der Waals surface area contributed by atoms with Gasteiger partial charge in [0.2, 0.25) is 0 Å². The third-order valence-corrected chi connectivity index (χ3v) is 3.41. The van der Waals surface area contributed by atoms with E-state index in [1.54, 1.807) is 20.3 Å². The zero-order chi connectivity index (χ0) is 13.0. The minimum atomic E-state index is 0.465. The molecule has 0 aliphatic heterocycles. The molecular formula is C13H15BrO3. The van der Waals surface area contributed by atoms with E-state index in [2.05, 4.69) is 22.5 Å². The number of allylic oxidation sites excluding steroid dienone is 1. The molecule has 0 aliphatic rings. The van der Waals surface area contributed by atoms with Gasteiger partial charge in [-0.05, 0) is 34.8 Å². The molecule has 0 atom stereocenters. The van der Waals surface area contributed by atoms with Crippen LogP contribution in [0, 0.1) is 6.92 Å². The summed E-state index contributed by atoms with van der Waals surface area (Å²) in [4.78, 5) is 11.2. The van der Waals surface area contributed by atoms with Crippen LogP contribution in [0.4, 0.5) is 0 Å². The SMILES string of the molecule is C=CCc1c(C)c(OC)c(Br)c(C=O)c1OC. The number of carbonyl (C=O) groups is 1. The first-order valence-electron chi connectivity index (χ1n) is 5.11. The Morgan fingerprint density at radius 2 is 1.88 bits per heavy atom. The third-order valence-electron chi connectivity index (χ3n) is 2.62. The molecule has 0 spiro atoms. The summed E-state index contributed by atoms with van der Waals surface area (Å²) in [5.74, 6) is 1.23. The van der Waals surface area contributed by atoms with Crippen LogP contribution in [0.1, 0.15) is 21.5 Å². The predicted octanol–water partition coefficient (Wildman–Crippen LogP) is 3.32. The van der Waals surface area contributed by atoms with Gasteiger partial charge in [-0.2, -0.15) is 0 Å². The lowest BCUT2D eigenvalue weighted by Gasteiger charge is -2.18. The molecule has 0 heterocycles. The fourth-order valence-corrected chi connectivity index (χ4v) is 2.56. The Kier molecular flexibility index (Phi) is 4.75. The van der Waals surface area contributed by atoms with E-state index >= 15 is 0 Å². The summed E-state index contributed by atoms with van der Waals surface area (Å²) in [5.41, 5.74) is 2.33. The van der Waals surface area contributed by atoms with Crippen LogP contribution >= 0.6 is 15.9 Å². The molecule has 1 aromatic carbocycles. The Labute approximate surface area is 110 Å². The third kappa shape index (κ3) is 2.36. The van der Waals surface area contributed by atoms with Gasteiger partial charge in [0.05, 0.1) is 24.3 Å². The minimum absolute atomic E-state index is 0.465. The van der Waals surface area contributed by atoms with Gasteiger partial charge in [0.15, 0.2) is 6.29 Å². The average Bonchev–Trinajstić information content (AvgIpc) is 2.33. The van der Waals surface area contributed by atoms with E-state index in [0.29, 0.717) is 28.0 Å². The van der Waals surface area contributed by atoms with Crippen molar-refractivity contribution < 1.29 is 14.3 Å². The number of carbonyl (C=O) groups excluding carboxylic acids is 1. The molecule has 1 rings (SSSR count). The van der Waals surface area contributed by atoms with Crippen LogP contribution < -0.4 is 9.47 Å². The fourth-order valence-electron chi connectivity index (χ4n) is 1.83. The van der Waals surface area contributed by atoms with Crippen molar-refractivity contribution in [2.24, 2.45) is 0 Å². The van der Waals surface area contributed by atoms with Gasteiger partial charge in [-0.25, -0.2) is 0 Å². The smallest absolute Gasteiger partial charge is 0.155 e. The first-order valence-corrected chi connectivity index (χ1v) is 5.90. The predicted molar refractivity (Wildman–Crippen MR) is 71.3 cm³/mol. The lowest BCUT2D eigenvalue weighted by atomic mass is 9.99. The van der Waals surface area contributed by atoms with Gasteiger partial charge in [0, 0.05) is 5.56 Å². The maximum absolute atomic E-state index is 11.2. The molecule has 92 valence electrons. The van der Waals surface area contributed by atoms with Crippen molar-refractivity contribution in [1.82, 2.24) is 0 Å². The maximum atomic E-state index is 11.2. The first-order chi connectivity index (χ1) is 8.12. The number of benzene rings is 1. The zero-order valence-electron chi connectivity index (χ0n) is 10.2. The van der Waals surface area contributed by atoms with Crippen molar-refractivity contribution in [1.29, 1.82) is 0 Å². The van der Waals surface area contributed by atoms with Gasteiger partial charge in [0.1, 0.15) is 11.5 Å². The van der Waals surface area contributed by atoms with Crippen molar-refractivity contribution >= 4 is 22.2 Å². The topological polar surface area (TPSA) is 35.5 Å². The molecule has 1 aromatic rings. The molecule has 0 amide bonds. The van der Waals surface area contributed by atoms with E-state index < -0.39 is 0 Å². The first kappa shape index (κ1) is 13.8. The van der Waals surface area contributed by atoms with Crippen LogP contribution in [-0.4, -0.2) is 20.5 Å². The van der Waals surface area contributed by atoms with E-state index in [0.717, 1.165) is 17.4 Å². The summed E-state index contributed by atoms with van der Waals surface area (Å²) in [6.45, 7) is 5.64. The van der Waals surface area contributed by atoms with Gasteiger partial charge in [-0.15, -0.1) is 6.58 Å². The van der Waals surface area contributed by atoms with Crippen molar-refractivity contribution in [3.8, 4) is 11.5 Å². The van der Waals surface area contributed by atoms with Crippen molar-refractivity contribution in [2.45, 2.75) is 13.3 Å². The van der Waals surface area contributed by atoms with Crippen LogP contribution in [0.3, 0.4) is 0 Å². The fraction of sp³-hybridized carbons (Fsp3) is 0.308. The van der Waals surface area contributed by atoms with E-state index in [9.17, 15) is 4.79 Å². The summed E-state index contributed by atoms with van der Waals surface area (Å²) < 4.78 is 11.2. The van der Waals surface area contributed by atoms with Gasteiger partial charge >= 0.3 is 0 Å². The monoisotopic (exact) mass is 298 g/mol. The van der Waals surface area contributed by atoms with Crippen LogP contribution in [0.25, 0.3) is 0 Å². The summed E-state index contributed by atoms with van der Waals surface area (Å²) in [6.07, 6.45) is 3.16. The highest BCUT2D eigenvalue weighted by molar-refractivity contribution is 9.10. The highest BCUT2D eigenvalue weighted by atomic mass is 79.9. The normalized spacial score (nSPS) is 9.88. The van der Waals surface area contributed by atoms with E-state index in [4.69, 9.17) is 9.47 Å². The van der Waals surface area contributed by atoms with Crippen molar-refractivity contribution in [3.05, 3.63) is 33.8 Å². The second-order valence-electron chi connectivity index (χ2n) is 3.51. The number of hydrogen-bond donors (Lipinski definition) is 0. The number of aldehydes is 1. The molecular weight excluding hydrogens is 284 g/mol. The number of hydrogen-bond acceptors (Lipinski definition) is 3. The molecule has 0 saturated heterocycles. The average molecular weight is 299 g/mol. The van der Waals surface area contributed by atoms with E-state index in [1.807, 2.05) is 6.92 Å². The second kappa shape index (κ2) is 5.87. The summed E-state index contributed by atoms with van der Waals surface area (Å²) >= 11 is 3.37. The Bertz CT molecular complexity index is 453. The number of methoxy groups -OCH3 is 2. The summed E-state index contributed by atoms with van der Waals surface area (Å²) in [7, 11) is 3.12. The van der Waals surface area contributed by atoms with Crippen molar-refractivity contribution in [3.63, 3.8) is 0 Å². The van der Waals surface area contributed by atoms with Crippen LogP contribution in [0.15, 0.2) is 17.1 Å². The van der Waals surface area contributed by atoms with Crippen molar-refractivity contribution in [2.75, 3.05) is 14.2 Å². The molecule has 0 unspecified atom stereocenters. The highest BCUT2D eigenvalue weighted by Crippen LogP contribution is 2.41. The Morgan fingerprint density at radius 3 is 2.29 bits per heavy atom. The minimum Gasteiger partial charge on any atom is -0.496 e. The maximum Gasteiger partial charge on any atom is 0.155 e. The van der Waals surface area contributed by atoms with Gasteiger partial charge < -0.3 is 9.47 Å². The highest BCUT2D eigenvalue weighted by Gasteiger charge is 2.20. The Morgan fingerprint density at radius 1 is 1.29 bits per heavy atom. The lowest BCUT2D eigenvalue weighted by molar-refractivity contribution is 0.111. The van der Waals surface area contributed by atoms with Gasteiger partial charge in [-0.1, -0.05) is 6.08 Å². The second-order valence-corrected chi connectivity index (χ2v) is 4.30. The zero-order valence-corrected chi connectivity index (χ0v) is 11.8. The molecule has 0 saturated carbocycles. The van der Waals surface area contributed by atoms with Gasteiger partial charge in [-0.3, -0.25) is 4.79 Å². The summed E-state index contributed by atoms with van der Waals surface area (Å²) in [5, 5.41) is 0. The quantitative estimate of drug-likeness (QED) is 0.618. The van der Waals surface area contributed by atoms with Crippen LogP contribution in [0.5, 0.6) is 11.5 Å².